The van der Waals surface area contributed by atoms with Crippen molar-refractivity contribution >= 4 is 46.6 Å². The first-order valence-corrected chi connectivity index (χ1v) is 12.6. The molecule has 1 aromatic heterocycles. The highest BCUT2D eigenvalue weighted by Gasteiger charge is 2.17. The maximum absolute atomic E-state index is 12.5. The molecule has 0 saturated carbocycles. The van der Waals surface area contributed by atoms with Gasteiger partial charge in [0.2, 0.25) is 0 Å². The van der Waals surface area contributed by atoms with Gasteiger partial charge in [0.25, 0.3) is 5.91 Å². The Labute approximate surface area is 218 Å². The molecule has 9 heteroatoms. The van der Waals surface area contributed by atoms with Crippen molar-refractivity contribution in [1.29, 1.82) is 0 Å². The Morgan fingerprint density at radius 2 is 1.60 bits per heavy atom. The van der Waals surface area contributed by atoms with Crippen molar-refractivity contribution in [2.24, 2.45) is 5.10 Å². The summed E-state index contributed by atoms with van der Waals surface area (Å²) < 4.78 is 1.96. The van der Waals surface area contributed by atoms with Crippen LogP contribution in [0.5, 0.6) is 0 Å². The number of hydrogen-bond acceptors (Lipinski definition) is 5. The van der Waals surface area contributed by atoms with E-state index in [1.165, 1.54) is 11.8 Å². The van der Waals surface area contributed by atoms with Crippen molar-refractivity contribution in [3.63, 3.8) is 0 Å². The van der Waals surface area contributed by atoms with Gasteiger partial charge in [0.15, 0.2) is 11.0 Å². The van der Waals surface area contributed by atoms with Crippen LogP contribution in [0.4, 0.5) is 0 Å². The molecule has 35 heavy (non-hydrogen) atoms. The Kier molecular flexibility index (Phi) is 7.90. The number of carbonyl (C=O) groups is 1. The van der Waals surface area contributed by atoms with Crippen LogP contribution in [0.15, 0.2) is 77.0 Å². The van der Waals surface area contributed by atoms with Gasteiger partial charge < -0.3 is 0 Å². The molecule has 3 aromatic carbocycles. The number of amides is 1. The molecule has 0 fully saturated rings. The fourth-order valence-corrected chi connectivity index (χ4v) is 4.32. The third-order valence-electron chi connectivity index (χ3n) is 5.25. The lowest BCUT2D eigenvalue weighted by Crippen LogP contribution is -2.21. The predicted molar refractivity (Wildman–Crippen MR) is 144 cm³/mol. The Balaban J connectivity index is 1.52. The van der Waals surface area contributed by atoms with Crippen LogP contribution < -0.4 is 5.43 Å². The van der Waals surface area contributed by atoms with E-state index in [9.17, 15) is 4.79 Å². The second-order valence-corrected chi connectivity index (χ2v) is 9.75. The molecule has 4 rings (SSSR count). The SMILES string of the molecule is CC(=NNC(=O)CSc1nnc(-c2ccc(C)cc2)n1-c1ccc(C)cc1)c1ccc(Cl)c(Cl)c1. The van der Waals surface area contributed by atoms with Crippen LogP contribution in [-0.2, 0) is 4.79 Å². The second kappa shape index (κ2) is 11.1. The normalized spacial score (nSPS) is 11.5. The monoisotopic (exact) mass is 523 g/mol. The summed E-state index contributed by atoms with van der Waals surface area (Å²) in [5, 5.41) is 14.5. The number of hydrogen-bond donors (Lipinski definition) is 1. The van der Waals surface area contributed by atoms with Gasteiger partial charge in [0, 0.05) is 11.3 Å². The maximum atomic E-state index is 12.5. The van der Waals surface area contributed by atoms with Gasteiger partial charge in [-0.3, -0.25) is 9.36 Å². The van der Waals surface area contributed by atoms with Gasteiger partial charge in [-0.1, -0.05) is 88.6 Å². The molecule has 1 heterocycles. The number of nitrogens with one attached hydrogen (secondary N) is 1. The summed E-state index contributed by atoms with van der Waals surface area (Å²) in [5.74, 6) is 0.575. The molecule has 0 aliphatic carbocycles. The molecule has 0 unspecified atom stereocenters. The van der Waals surface area contributed by atoms with E-state index in [2.05, 4.69) is 20.7 Å². The van der Waals surface area contributed by atoms with E-state index in [1.54, 1.807) is 25.1 Å². The van der Waals surface area contributed by atoms with Crippen molar-refractivity contribution in [2.75, 3.05) is 5.75 Å². The maximum Gasteiger partial charge on any atom is 0.250 e. The van der Waals surface area contributed by atoms with E-state index in [0.29, 0.717) is 26.7 Å². The van der Waals surface area contributed by atoms with E-state index in [1.807, 2.05) is 66.9 Å². The molecule has 1 amide bonds. The quantitative estimate of drug-likeness (QED) is 0.170. The molecule has 0 saturated heterocycles. The number of nitrogens with zero attached hydrogens (tertiary/aromatic N) is 4. The number of hydrazone groups is 1. The highest BCUT2D eigenvalue weighted by molar-refractivity contribution is 7.99. The molecule has 0 bridgehead atoms. The van der Waals surface area contributed by atoms with Gasteiger partial charge in [-0.05, 0) is 50.6 Å². The number of thioether (sulfide) groups is 1. The lowest BCUT2D eigenvalue weighted by atomic mass is 10.1. The lowest BCUT2D eigenvalue weighted by Gasteiger charge is -2.11. The van der Waals surface area contributed by atoms with E-state index in [4.69, 9.17) is 23.2 Å². The number of rotatable bonds is 7. The smallest absolute Gasteiger partial charge is 0.250 e. The first kappa shape index (κ1) is 25.0. The second-order valence-electron chi connectivity index (χ2n) is 7.99. The summed E-state index contributed by atoms with van der Waals surface area (Å²) in [4.78, 5) is 12.5. The zero-order chi connectivity index (χ0) is 24.9. The van der Waals surface area contributed by atoms with Gasteiger partial charge in [0.1, 0.15) is 0 Å². The molecule has 6 nitrogen and oxygen atoms in total. The fourth-order valence-electron chi connectivity index (χ4n) is 3.27. The first-order valence-electron chi connectivity index (χ1n) is 10.8. The summed E-state index contributed by atoms with van der Waals surface area (Å²) in [6.07, 6.45) is 0. The van der Waals surface area contributed by atoms with E-state index < -0.39 is 0 Å². The van der Waals surface area contributed by atoms with Gasteiger partial charge in [-0.2, -0.15) is 5.10 Å². The van der Waals surface area contributed by atoms with Crippen LogP contribution in [-0.4, -0.2) is 32.1 Å². The van der Waals surface area contributed by atoms with Crippen molar-refractivity contribution < 1.29 is 4.79 Å². The summed E-state index contributed by atoms with van der Waals surface area (Å²) in [5.41, 5.74) is 8.17. The molecule has 0 atom stereocenters. The molecule has 0 spiro atoms. The van der Waals surface area contributed by atoms with Crippen LogP contribution in [0.1, 0.15) is 23.6 Å². The topological polar surface area (TPSA) is 72.2 Å². The van der Waals surface area contributed by atoms with Crippen LogP contribution in [0.3, 0.4) is 0 Å². The van der Waals surface area contributed by atoms with Crippen molar-refractivity contribution in [2.45, 2.75) is 25.9 Å². The number of carbonyl (C=O) groups excluding carboxylic acids is 1. The standard InChI is InChI=1S/C26H23Cl2N5OS/c1-16-4-8-19(9-5-16)25-31-32-26(33(25)21-11-6-17(2)7-12-21)35-15-24(34)30-29-18(3)20-10-13-22(27)23(28)14-20/h4-14H,15H2,1-3H3,(H,30,34). The van der Waals surface area contributed by atoms with E-state index >= 15 is 0 Å². The largest absolute Gasteiger partial charge is 0.272 e. The average Bonchev–Trinajstić information content (AvgIpc) is 3.27. The van der Waals surface area contributed by atoms with Crippen LogP contribution >= 0.6 is 35.0 Å². The van der Waals surface area contributed by atoms with Gasteiger partial charge in [0.05, 0.1) is 21.5 Å². The van der Waals surface area contributed by atoms with Gasteiger partial charge in [-0.15, -0.1) is 10.2 Å². The Hall–Kier alpha value is -3.13. The Morgan fingerprint density at radius 3 is 2.26 bits per heavy atom. The highest BCUT2D eigenvalue weighted by atomic mass is 35.5. The minimum Gasteiger partial charge on any atom is -0.272 e. The Morgan fingerprint density at radius 1 is 0.943 bits per heavy atom. The van der Waals surface area contributed by atoms with Crippen molar-refractivity contribution in [1.82, 2.24) is 20.2 Å². The lowest BCUT2D eigenvalue weighted by molar-refractivity contribution is -0.118. The molecular formula is C26H23Cl2N5OS. The summed E-state index contributed by atoms with van der Waals surface area (Å²) in [7, 11) is 0. The summed E-state index contributed by atoms with van der Waals surface area (Å²) in [6, 6.07) is 21.4. The molecule has 0 aliphatic heterocycles. The summed E-state index contributed by atoms with van der Waals surface area (Å²) in [6.45, 7) is 5.87. The minimum atomic E-state index is -0.259. The van der Waals surface area contributed by atoms with Crippen molar-refractivity contribution in [3.05, 3.63) is 93.5 Å². The van der Waals surface area contributed by atoms with Crippen LogP contribution in [0, 0.1) is 13.8 Å². The number of benzene rings is 3. The zero-order valence-corrected chi connectivity index (χ0v) is 21.7. The highest BCUT2D eigenvalue weighted by Crippen LogP contribution is 2.28. The van der Waals surface area contributed by atoms with Crippen LogP contribution in [0.25, 0.3) is 17.1 Å². The molecule has 4 aromatic rings. The molecule has 0 aliphatic rings. The Bertz CT molecular complexity index is 1380. The molecular weight excluding hydrogens is 501 g/mol. The van der Waals surface area contributed by atoms with Gasteiger partial charge in [-0.25, -0.2) is 5.43 Å². The number of halogens is 2. The minimum absolute atomic E-state index is 0.121. The fraction of sp³-hybridized carbons (Fsp3) is 0.154. The average molecular weight is 524 g/mol. The van der Waals surface area contributed by atoms with Gasteiger partial charge >= 0.3 is 0 Å². The molecule has 0 radical (unpaired) electrons. The number of aryl methyl sites for hydroxylation is 2. The van der Waals surface area contributed by atoms with Crippen molar-refractivity contribution in [3.8, 4) is 17.1 Å². The molecule has 178 valence electrons. The van der Waals surface area contributed by atoms with E-state index in [-0.39, 0.29) is 11.7 Å². The molecule has 1 N–H and O–H groups in total. The van der Waals surface area contributed by atoms with E-state index in [0.717, 1.165) is 27.9 Å². The van der Waals surface area contributed by atoms with Crippen LogP contribution in [0.2, 0.25) is 10.0 Å². The third-order valence-corrected chi connectivity index (χ3v) is 6.92. The first-order chi connectivity index (χ1) is 16.8. The summed E-state index contributed by atoms with van der Waals surface area (Å²) >= 11 is 13.3. The number of aromatic nitrogens is 3. The zero-order valence-electron chi connectivity index (χ0n) is 19.4. The predicted octanol–water partition coefficient (Wildman–Crippen LogP) is 6.49. The third kappa shape index (κ3) is 6.11.